The minimum absolute atomic E-state index is 0.0302. The lowest BCUT2D eigenvalue weighted by molar-refractivity contribution is -0.140. The van der Waals surface area contributed by atoms with E-state index < -0.39 is 17.8 Å². The number of benzene rings is 2. The van der Waals surface area contributed by atoms with Crippen LogP contribution in [0, 0.1) is 5.82 Å². The van der Waals surface area contributed by atoms with Crippen molar-refractivity contribution >= 4 is 35.0 Å². The maximum atomic E-state index is 14.1. The normalized spacial score (nSPS) is 12.9. The lowest BCUT2D eigenvalue weighted by Crippen LogP contribution is -2.50. The second-order valence-corrected chi connectivity index (χ2v) is 7.80. The highest BCUT2D eigenvalue weighted by molar-refractivity contribution is 6.36. The molecule has 29 heavy (non-hydrogen) atoms. The van der Waals surface area contributed by atoms with Gasteiger partial charge in [-0.2, -0.15) is 0 Å². The van der Waals surface area contributed by atoms with Gasteiger partial charge in [0.25, 0.3) is 0 Å². The molecule has 1 N–H and O–H groups in total. The molecule has 7 heteroatoms. The molecule has 0 bridgehead atoms. The van der Waals surface area contributed by atoms with Crippen molar-refractivity contribution in [1.82, 2.24) is 10.2 Å². The highest BCUT2D eigenvalue weighted by Gasteiger charge is 2.28. The molecule has 0 saturated carbocycles. The predicted molar refractivity (Wildman–Crippen MR) is 114 cm³/mol. The SMILES string of the molecule is CC[C@@H](C)NC(=O)[C@@H](C)N(Cc1c(Cl)cccc1Cl)C(=O)Cc1ccccc1F. The summed E-state index contributed by atoms with van der Waals surface area (Å²) < 4.78 is 14.1. The zero-order valence-corrected chi connectivity index (χ0v) is 18.2. The number of halogens is 3. The Kier molecular flexibility index (Phi) is 8.47. The van der Waals surface area contributed by atoms with Crippen molar-refractivity contribution in [2.24, 2.45) is 0 Å². The van der Waals surface area contributed by atoms with E-state index in [1.165, 1.54) is 11.0 Å². The van der Waals surface area contributed by atoms with Crippen molar-refractivity contribution in [3.8, 4) is 0 Å². The van der Waals surface area contributed by atoms with Crippen molar-refractivity contribution in [2.75, 3.05) is 0 Å². The summed E-state index contributed by atoms with van der Waals surface area (Å²) in [5.74, 6) is -1.14. The lowest BCUT2D eigenvalue weighted by atomic mass is 10.1. The molecule has 0 aliphatic carbocycles. The molecule has 2 aromatic rings. The van der Waals surface area contributed by atoms with Gasteiger partial charge in [-0.05, 0) is 44.0 Å². The van der Waals surface area contributed by atoms with Crippen LogP contribution in [0.2, 0.25) is 10.0 Å². The Bertz CT molecular complexity index is 855. The number of amides is 2. The van der Waals surface area contributed by atoms with Crippen LogP contribution in [0.4, 0.5) is 4.39 Å². The molecule has 0 unspecified atom stereocenters. The van der Waals surface area contributed by atoms with Crippen molar-refractivity contribution in [3.05, 3.63) is 69.5 Å². The van der Waals surface area contributed by atoms with Gasteiger partial charge in [0.05, 0.1) is 6.42 Å². The lowest BCUT2D eigenvalue weighted by Gasteiger charge is -2.30. The third-order valence-electron chi connectivity index (χ3n) is 4.86. The molecule has 4 nitrogen and oxygen atoms in total. The van der Waals surface area contributed by atoms with Crippen LogP contribution in [0.5, 0.6) is 0 Å². The summed E-state index contributed by atoms with van der Waals surface area (Å²) in [6, 6.07) is 10.3. The third kappa shape index (κ3) is 6.18. The fourth-order valence-corrected chi connectivity index (χ4v) is 3.33. The van der Waals surface area contributed by atoms with Crippen LogP contribution < -0.4 is 5.32 Å². The summed E-state index contributed by atoms with van der Waals surface area (Å²) in [5, 5.41) is 3.68. The van der Waals surface area contributed by atoms with Crippen molar-refractivity contribution in [3.63, 3.8) is 0 Å². The standard InChI is InChI=1S/C22H25Cl2FN2O2/c1-4-14(2)26-22(29)15(3)27(13-17-18(23)9-7-10-19(17)24)21(28)12-16-8-5-6-11-20(16)25/h5-11,14-15H,4,12-13H2,1-3H3,(H,26,29)/t14-,15-/m1/s1. The molecule has 0 aromatic heterocycles. The van der Waals surface area contributed by atoms with E-state index in [2.05, 4.69) is 5.32 Å². The van der Waals surface area contributed by atoms with Crippen LogP contribution >= 0.6 is 23.2 Å². The van der Waals surface area contributed by atoms with Crippen LogP contribution in [0.25, 0.3) is 0 Å². The Morgan fingerprint density at radius 3 is 2.28 bits per heavy atom. The number of carbonyl (C=O) groups is 2. The molecule has 0 heterocycles. The fourth-order valence-electron chi connectivity index (χ4n) is 2.81. The van der Waals surface area contributed by atoms with Crippen LogP contribution in [0.3, 0.4) is 0 Å². The van der Waals surface area contributed by atoms with Crippen LogP contribution in [-0.4, -0.2) is 28.8 Å². The van der Waals surface area contributed by atoms with Crippen molar-refractivity contribution in [1.29, 1.82) is 0 Å². The molecule has 156 valence electrons. The Hall–Kier alpha value is -2.11. The van der Waals surface area contributed by atoms with Gasteiger partial charge in [-0.3, -0.25) is 9.59 Å². The zero-order valence-electron chi connectivity index (χ0n) is 16.7. The van der Waals surface area contributed by atoms with Gasteiger partial charge in [0, 0.05) is 28.2 Å². The van der Waals surface area contributed by atoms with E-state index in [-0.39, 0.29) is 30.5 Å². The first-order valence-electron chi connectivity index (χ1n) is 9.50. The fraction of sp³-hybridized carbons (Fsp3) is 0.364. The molecule has 0 radical (unpaired) electrons. The van der Waals surface area contributed by atoms with Gasteiger partial charge in [-0.1, -0.05) is 54.4 Å². The maximum absolute atomic E-state index is 14.1. The van der Waals surface area contributed by atoms with Gasteiger partial charge in [0.1, 0.15) is 11.9 Å². The van der Waals surface area contributed by atoms with Crippen molar-refractivity contribution < 1.29 is 14.0 Å². The summed E-state index contributed by atoms with van der Waals surface area (Å²) in [6.45, 7) is 5.53. The number of nitrogens with one attached hydrogen (secondary N) is 1. The number of rotatable bonds is 8. The zero-order chi connectivity index (χ0) is 21.6. The molecule has 0 spiro atoms. The average molecular weight is 439 g/mol. The molecule has 0 aliphatic rings. The summed E-state index contributed by atoms with van der Waals surface area (Å²) in [7, 11) is 0. The molecule has 0 aliphatic heterocycles. The van der Waals surface area contributed by atoms with Crippen LogP contribution in [-0.2, 0) is 22.6 Å². The Labute approximate surface area is 181 Å². The highest BCUT2D eigenvalue weighted by Crippen LogP contribution is 2.27. The van der Waals surface area contributed by atoms with Gasteiger partial charge in [-0.25, -0.2) is 4.39 Å². The van der Waals surface area contributed by atoms with Gasteiger partial charge in [-0.15, -0.1) is 0 Å². The van der Waals surface area contributed by atoms with Gasteiger partial charge in [0.15, 0.2) is 0 Å². The predicted octanol–water partition coefficient (Wildman–Crippen LogP) is 5.01. The second kappa shape index (κ2) is 10.6. The summed E-state index contributed by atoms with van der Waals surface area (Å²) in [4.78, 5) is 27.2. The number of hydrogen-bond donors (Lipinski definition) is 1. The van der Waals surface area contributed by atoms with E-state index >= 15 is 0 Å². The van der Waals surface area contributed by atoms with E-state index in [1.807, 2.05) is 13.8 Å². The van der Waals surface area contributed by atoms with E-state index in [9.17, 15) is 14.0 Å². The summed E-state index contributed by atoms with van der Waals surface area (Å²) in [6.07, 6.45) is 0.591. The van der Waals surface area contributed by atoms with E-state index in [4.69, 9.17) is 23.2 Å². The molecular formula is C22H25Cl2FN2O2. The van der Waals surface area contributed by atoms with E-state index in [1.54, 1.807) is 43.3 Å². The largest absolute Gasteiger partial charge is 0.352 e. The van der Waals surface area contributed by atoms with Gasteiger partial charge < -0.3 is 10.2 Å². The first kappa shape index (κ1) is 23.2. The van der Waals surface area contributed by atoms with Gasteiger partial charge in [0.2, 0.25) is 11.8 Å². The Morgan fingerprint density at radius 1 is 1.07 bits per heavy atom. The number of carbonyl (C=O) groups excluding carboxylic acids is 2. The maximum Gasteiger partial charge on any atom is 0.242 e. The molecule has 2 rings (SSSR count). The third-order valence-corrected chi connectivity index (χ3v) is 5.57. The molecule has 2 atom stereocenters. The topological polar surface area (TPSA) is 49.4 Å². The monoisotopic (exact) mass is 438 g/mol. The minimum atomic E-state index is -0.782. The summed E-state index contributed by atoms with van der Waals surface area (Å²) in [5.41, 5.74) is 0.809. The highest BCUT2D eigenvalue weighted by atomic mass is 35.5. The van der Waals surface area contributed by atoms with Gasteiger partial charge >= 0.3 is 0 Å². The minimum Gasteiger partial charge on any atom is -0.352 e. The second-order valence-electron chi connectivity index (χ2n) is 6.98. The van der Waals surface area contributed by atoms with Crippen LogP contribution in [0.1, 0.15) is 38.3 Å². The summed E-state index contributed by atoms with van der Waals surface area (Å²) >= 11 is 12.5. The number of hydrogen-bond acceptors (Lipinski definition) is 2. The first-order chi connectivity index (χ1) is 13.7. The Balaban J connectivity index is 2.32. The molecule has 0 saturated heterocycles. The Morgan fingerprint density at radius 2 is 1.69 bits per heavy atom. The molecule has 0 fully saturated rings. The smallest absolute Gasteiger partial charge is 0.242 e. The molecule has 2 amide bonds. The number of nitrogens with zero attached hydrogens (tertiary/aromatic N) is 1. The van der Waals surface area contributed by atoms with E-state index in [0.29, 0.717) is 15.6 Å². The van der Waals surface area contributed by atoms with Crippen molar-refractivity contribution in [2.45, 2.75) is 52.2 Å². The first-order valence-corrected chi connectivity index (χ1v) is 10.3. The van der Waals surface area contributed by atoms with Crippen LogP contribution in [0.15, 0.2) is 42.5 Å². The van der Waals surface area contributed by atoms with E-state index in [0.717, 1.165) is 6.42 Å². The average Bonchev–Trinajstić information content (AvgIpc) is 2.68. The quantitative estimate of drug-likeness (QED) is 0.629. The molecular weight excluding hydrogens is 414 g/mol. The molecule has 2 aromatic carbocycles.